The number of alkyl halides is 3. The number of nitrogens with one attached hydrogen (secondary N) is 1. The Balaban J connectivity index is 3.21. The van der Waals surface area contributed by atoms with Crippen LogP contribution in [0.4, 0.5) is 13.2 Å². The summed E-state index contributed by atoms with van der Waals surface area (Å²) in [6, 6.07) is 3.97. The Morgan fingerprint density at radius 2 is 1.67 bits per heavy atom. The zero-order valence-corrected chi connectivity index (χ0v) is 11.4. The van der Waals surface area contributed by atoms with Gasteiger partial charge in [0.2, 0.25) is 0 Å². The van der Waals surface area contributed by atoms with Gasteiger partial charge in [0, 0.05) is 6.04 Å². The van der Waals surface area contributed by atoms with Gasteiger partial charge in [-0.05, 0) is 42.6 Å². The van der Waals surface area contributed by atoms with Crippen LogP contribution in [0.3, 0.4) is 0 Å². The maximum absolute atomic E-state index is 12.6. The van der Waals surface area contributed by atoms with Crippen molar-refractivity contribution in [1.29, 1.82) is 0 Å². The van der Waals surface area contributed by atoms with Crippen LogP contribution in [-0.4, -0.2) is 7.05 Å². The molecule has 1 atom stereocenters. The Labute approximate surface area is 106 Å². The number of hydrogen-bond donors (Lipinski definition) is 1. The summed E-state index contributed by atoms with van der Waals surface area (Å²) in [5, 5.41) is 3.18. The van der Waals surface area contributed by atoms with Crippen LogP contribution in [-0.2, 0) is 6.18 Å². The first kappa shape index (κ1) is 15.0. The molecule has 0 heterocycles. The van der Waals surface area contributed by atoms with E-state index in [-0.39, 0.29) is 11.5 Å². The van der Waals surface area contributed by atoms with Gasteiger partial charge in [-0.1, -0.05) is 26.8 Å². The molecular weight excluding hydrogens is 239 g/mol. The molecule has 0 radical (unpaired) electrons. The van der Waals surface area contributed by atoms with E-state index in [4.69, 9.17) is 0 Å². The molecule has 1 nitrogen and oxygen atoms in total. The SMILES string of the molecule is CNC(c1ccc(C(F)(F)F)cc1C)C(C)(C)C. The van der Waals surface area contributed by atoms with Crippen LogP contribution in [0.5, 0.6) is 0 Å². The highest BCUT2D eigenvalue weighted by Crippen LogP contribution is 2.36. The van der Waals surface area contributed by atoms with Gasteiger partial charge in [0.05, 0.1) is 5.56 Å². The molecule has 0 spiro atoms. The first-order chi connectivity index (χ1) is 8.07. The molecule has 0 fully saturated rings. The van der Waals surface area contributed by atoms with E-state index in [1.807, 2.05) is 7.05 Å². The Morgan fingerprint density at radius 1 is 1.11 bits per heavy atom. The van der Waals surface area contributed by atoms with Gasteiger partial charge in [0.25, 0.3) is 0 Å². The number of benzene rings is 1. The molecular formula is C14H20F3N. The lowest BCUT2D eigenvalue weighted by atomic mass is 9.80. The number of hydrogen-bond acceptors (Lipinski definition) is 1. The Hall–Kier alpha value is -1.03. The third kappa shape index (κ3) is 3.25. The molecule has 102 valence electrons. The van der Waals surface area contributed by atoms with Crippen LogP contribution in [0.1, 0.15) is 43.5 Å². The predicted molar refractivity (Wildman–Crippen MR) is 67.4 cm³/mol. The number of aryl methyl sites for hydroxylation is 1. The monoisotopic (exact) mass is 259 g/mol. The molecule has 1 N–H and O–H groups in total. The highest BCUT2D eigenvalue weighted by atomic mass is 19.4. The first-order valence-electron chi connectivity index (χ1n) is 5.92. The zero-order valence-electron chi connectivity index (χ0n) is 11.4. The largest absolute Gasteiger partial charge is 0.416 e. The Bertz CT molecular complexity index is 416. The van der Waals surface area contributed by atoms with Crippen molar-refractivity contribution in [3.05, 3.63) is 34.9 Å². The smallest absolute Gasteiger partial charge is 0.313 e. The van der Waals surface area contributed by atoms with Crippen LogP contribution in [0.15, 0.2) is 18.2 Å². The van der Waals surface area contributed by atoms with E-state index in [1.54, 1.807) is 13.0 Å². The minimum absolute atomic E-state index is 0.0276. The third-order valence-corrected chi connectivity index (χ3v) is 3.06. The molecule has 0 amide bonds. The second kappa shape index (κ2) is 4.92. The molecule has 0 aliphatic carbocycles. The Morgan fingerprint density at radius 3 is 2.00 bits per heavy atom. The summed E-state index contributed by atoms with van der Waals surface area (Å²) < 4.78 is 37.8. The summed E-state index contributed by atoms with van der Waals surface area (Å²) in [7, 11) is 1.83. The predicted octanol–water partition coefficient (Wildman–Crippen LogP) is 4.32. The molecule has 18 heavy (non-hydrogen) atoms. The summed E-state index contributed by atoms with van der Waals surface area (Å²) in [6.45, 7) is 7.91. The van der Waals surface area contributed by atoms with E-state index in [0.717, 1.165) is 11.6 Å². The maximum atomic E-state index is 12.6. The van der Waals surface area contributed by atoms with E-state index in [1.165, 1.54) is 6.07 Å². The fraction of sp³-hybridized carbons (Fsp3) is 0.571. The topological polar surface area (TPSA) is 12.0 Å². The van der Waals surface area contributed by atoms with Gasteiger partial charge in [0.15, 0.2) is 0 Å². The van der Waals surface area contributed by atoms with Crippen molar-refractivity contribution >= 4 is 0 Å². The second-order valence-corrected chi connectivity index (χ2v) is 5.66. The minimum Gasteiger partial charge on any atom is -0.313 e. The van der Waals surface area contributed by atoms with Crippen LogP contribution in [0.25, 0.3) is 0 Å². The number of rotatable bonds is 2. The molecule has 0 aromatic heterocycles. The summed E-state index contributed by atoms with van der Waals surface area (Å²) in [6.07, 6.45) is -4.28. The molecule has 0 aliphatic rings. The normalized spacial score (nSPS) is 14.7. The van der Waals surface area contributed by atoms with E-state index in [0.29, 0.717) is 5.56 Å². The molecule has 4 heteroatoms. The lowest BCUT2D eigenvalue weighted by Crippen LogP contribution is -2.30. The molecule has 1 aromatic rings. The highest BCUT2D eigenvalue weighted by molar-refractivity contribution is 5.35. The number of halogens is 3. The maximum Gasteiger partial charge on any atom is 0.416 e. The zero-order chi connectivity index (χ0) is 14.1. The van der Waals surface area contributed by atoms with Gasteiger partial charge >= 0.3 is 6.18 Å². The molecule has 0 aliphatic heterocycles. The lowest BCUT2D eigenvalue weighted by molar-refractivity contribution is -0.137. The summed E-state index contributed by atoms with van der Waals surface area (Å²) in [5.74, 6) is 0. The minimum atomic E-state index is -4.28. The van der Waals surface area contributed by atoms with Crippen molar-refractivity contribution in [2.24, 2.45) is 5.41 Å². The third-order valence-electron chi connectivity index (χ3n) is 3.06. The van der Waals surface area contributed by atoms with Crippen LogP contribution < -0.4 is 5.32 Å². The highest BCUT2D eigenvalue weighted by Gasteiger charge is 2.32. The van der Waals surface area contributed by atoms with Gasteiger partial charge < -0.3 is 5.32 Å². The molecule has 1 unspecified atom stereocenters. The van der Waals surface area contributed by atoms with Crippen molar-refractivity contribution in [2.75, 3.05) is 7.05 Å². The summed E-state index contributed by atoms with van der Waals surface area (Å²) in [5.41, 5.74) is 0.934. The molecule has 1 aromatic carbocycles. The lowest BCUT2D eigenvalue weighted by Gasteiger charge is -2.32. The van der Waals surface area contributed by atoms with Crippen LogP contribution >= 0.6 is 0 Å². The molecule has 1 rings (SSSR count). The average Bonchev–Trinajstić information content (AvgIpc) is 2.17. The van der Waals surface area contributed by atoms with Crippen molar-refractivity contribution in [2.45, 2.75) is 39.9 Å². The average molecular weight is 259 g/mol. The van der Waals surface area contributed by atoms with Crippen LogP contribution in [0.2, 0.25) is 0 Å². The van der Waals surface area contributed by atoms with E-state index >= 15 is 0 Å². The van der Waals surface area contributed by atoms with Crippen LogP contribution in [0, 0.1) is 12.3 Å². The summed E-state index contributed by atoms with van der Waals surface area (Å²) in [4.78, 5) is 0. The second-order valence-electron chi connectivity index (χ2n) is 5.66. The Kier molecular flexibility index (Phi) is 4.11. The fourth-order valence-electron chi connectivity index (χ4n) is 2.23. The van der Waals surface area contributed by atoms with Crippen molar-refractivity contribution < 1.29 is 13.2 Å². The van der Waals surface area contributed by atoms with Crippen molar-refractivity contribution in [3.8, 4) is 0 Å². The molecule has 0 saturated heterocycles. The first-order valence-corrected chi connectivity index (χ1v) is 5.92. The fourth-order valence-corrected chi connectivity index (χ4v) is 2.23. The molecule has 0 saturated carbocycles. The van der Waals surface area contributed by atoms with Crippen molar-refractivity contribution in [3.63, 3.8) is 0 Å². The molecule has 0 bridgehead atoms. The van der Waals surface area contributed by atoms with E-state index in [2.05, 4.69) is 26.1 Å². The van der Waals surface area contributed by atoms with Gasteiger partial charge in [0.1, 0.15) is 0 Å². The summed E-state index contributed by atoms with van der Waals surface area (Å²) >= 11 is 0. The van der Waals surface area contributed by atoms with Gasteiger partial charge in [-0.3, -0.25) is 0 Å². The van der Waals surface area contributed by atoms with Gasteiger partial charge in [-0.15, -0.1) is 0 Å². The van der Waals surface area contributed by atoms with Gasteiger partial charge in [-0.2, -0.15) is 13.2 Å². The van der Waals surface area contributed by atoms with E-state index in [9.17, 15) is 13.2 Å². The quantitative estimate of drug-likeness (QED) is 0.834. The van der Waals surface area contributed by atoms with E-state index < -0.39 is 11.7 Å². The van der Waals surface area contributed by atoms with Crippen molar-refractivity contribution in [1.82, 2.24) is 5.32 Å². The van der Waals surface area contributed by atoms with Gasteiger partial charge in [-0.25, -0.2) is 0 Å². The standard InChI is InChI=1S/C14H20F3N/c1-9-8-10(14(15,16)17)6-7-11(9)12(18-5)13(2,3)4/h6-8,12,18H,1-5H3.